The molecule has 0 radical (unpaired) electrons. The van der Waals surface area contributed by atoms with Gasteiger partial charge in [-0.15, -0.1) is 12.3 Å². The standard InChI is InChI=1S/C9H18N2O/c1-4-5-6-11-9(2,7-10)8-12-3/h1,11H,5-8,10H2,2-3H3. The van der Waals surface area contributed by atoms with Crippen LogP contribution in [0.4, 0.5) is 0 Å². The lowest BCUT2D eigenvalue weighted by atomic mass is 10.0. The van der Waals surface area contributed by atoms with Gasteiger partial charge in [0.05, 0.1) is 12.1 Å². The molecule has 1 unspecified atom stereocenters. The van der Waals surface area contributed by atoms with Gasteiger partial charge in [0, 0.05) is 26.6 Å². The van der Waals surface area contributed by atoms with Crippen LogP contribution in [-0.2, 0) is 4.74 Å². The summed E-state index contributed by atoms with van der Waals surface area (Å²) in [4.78, 5) is 0. The fourth-order valence-corrected chi connectivity index (χ4v) is 0.937. The fourth-order valence-electron chi connectivity index (χ4n) is 0.937. The number of ether oxygens (including phenoxy) is 1. The normalized spacial score (nSPS) is 15.2. The van der Waals surface area contributed by atoms with Crippen molar-refractivity contribution in [2.24, 2.45) is 5.73 Å². The number of hydrogen-bond donors (Lipinski definition) is 2. The van der Waals surface area contributed by atoms with Gasteiger partial charge in [0.15, 0.2) is 0 Å². The summed E-state index contributed by atoms with van der Waals surface area (Å²) in [6, 6.07) is 0. The van der Waals surface area contributed by atoms with Gasteiger partial charge in [-0.2, -0.15) is 0 Å². The van der Waals surface area contributed by atoms with E-state index >= 15 is 0 Å². The predicted octanol–water partition coefficient (Wildman–Crippen LogP) is -0.0369. The van der Waals surface area contributed by atoms with E-state index in [-0.39, 0.29) is 5.54 Å². The molecule has 0 saturated carbocycles. The first kappa shape index (κ1) is 11.4. The summed E-state index contributed by atoms with van der Waals surface area (Å²) < 4.78 is 5.03. The monoisotopic (exact) mass is 170 g/mol. The highest BCUT2D eigenvalue weighted by atomic mass is 16.5. The third kappa shape index (κ3) is 4.35. The van der Waals surface area contributed by atoms with Crippen molar-refractivity contribution in [3.63, 3.8) is 0 Å². The lowest BCUT2D eigenvalue weighted by Crippen LogP contribution is -2.52. The molecule has 3 N–H and O–H groups in total. The molecule has 0 aliphatic carbocycles. The van der Waals surface area contributed by atoms with Crippen LogP contribution >= 0.6 is 0 Å². The molecule has 0 aliphatic heterocycles. The number of nitrogens with one attached hydrogen (secondary N) is 1. The van der Waals surface area contributed by atoms with Crippen LogP contribution < -0.4 is 11.1 Å². The maximum absolute atomic E-state index is 5.58. The molecule has 3 nitrogen and oxygen atoms in total. The molecule has 0 amide bonds. The highest BCUT2D eigenvalue weighted by Crippen LogP contribution is 2.00. The highest BCUT2D eigenvalue weighted by molar-refractivity contribution is 4.89. The number of terminal acetylenes is 1. The van der Waals surface area contributed by atoms with E-state index in [1.165, 1.54) is 0 Å². The van der Waals surface area contributed by atoms with Crippen molar-refractivity contribution in [3.05, 3.63) is 0 Å². The topological polar surface area (TPSA) is 47.3 Å². The lowest BCUT2D eigenvalue weighted by molar-refractivity contribution is 0.123. The quantitative estimate of drug-likeness (QED) is 0.434. The SMILES string of the molecule is C#CCCNC(C)(CN)COC. The molecule has 0 rings (SSSR count). The molecular weight excluding hydrogens is 152 g/mol. The first-order chi connectivity index (χ1) is 5.68. The summed E-state index contributed by atoms with van der Waals surface area (Å²) in [5.74, 6) is 2.56. The zero-order valence-corrected chi connectivity index (χ0v) is 7.89. The summed E-state index contributed by atoms with van der Waals surface area (Å²) in [5, 5.41) is 3.26. The van der Waals surface area contributed by atoms with Gasteiger partial charge in [0.1, 0.15) is 0 Å². The Balaban J connectivity index is 3.72. The molecule has 0 aromatic rings. The lowest BCUT2D eigenvalue weighted by Gasteiger charge is -2.28. The summed E-state index contributed by atoms with van der Waals surface area (Å²) in [7, 11) is 1.66. The molecule has 0 fully saturated rings. The zero-order chi connectivity index (χ0) is 9.45. The third-order valence-electron chi connectivity index (χ3n) is 1.73. The van der Waals surface area contributed by atoms with E-state index in [0.29, 0.717) is 13.2 Å². The van der Waals surface area contributed by atoms with Crippen molar-refractivity contribution >= 4 is 0 Å². The Labute approximate surface area is 74.7 Å². The molecule has 0 aromatic heterocycles. The largest absolute Gasteiger partial charge is 0.383 e. The van der Waals surface area contributed by atoms with Crippen LogP contribution in [0.3, 0.4) is 0 Å². The summed E-state index contributed by atoms with van der Waals surface area (Å²) in [6.07, 6.45) is 5.84. The van der Waals surface area contributed by atoms with Gasteiger partial charge < -0.3 is 15.8 Å². The number of methoxy groups -OCH3 is 1. The summed E-state index contributed by atoms with van der Waals surface area (Å²) in [6.45, 7) is 3.96. The first-order valence-electron chi connectivity index (χ1n) is 4.06. The Morgan fingerprint density at radius 1 is 1.67 bits per heavy atom. The van der Waals surface area contributed by atoms with E-state index in [1.807, 2.05) is 6.92 Å². The molecule has 0 bridgehead atoms. The Morgan fingerprint density at radius 3 is 2.75 bits per heavy atom. The fraction of sp³-hybridized carbons (Fsp3) is 0.778. The second-order valence-corrected chi connectivity index (χ2v) is 3.08. The van der Waals surface area contributed by atoms with Crippen LogP contribution in [0.2, 0.25) is 0 Å². The molecule has 12 heavy (non-hydrogen) atoms. The average molecular weight is 170 g/mol. The van der Waals surface area contributed by atoms with Crippen molar-refractivity contribution in [3.8, 4) is 12.3 Å². The van der Waals surface area contributed by atoms with Crippen molar-refractivity contribution in [1.82, 2.24) is 5.32 Å². The third-order valence-corrected chi connectivity index (χ3v) is 1.73. The second kappa shape index (κ2) is 6.01. The Morgan fingerprint density at radius 2 is 2.33 bits per heavy atom. The van der Waals surface area contributed by atoms with Crippen molar-refractivity contribution in [2.45, 2.75) is 18.9 Å². The van der Waals surface area contributed by atoms with Crippen LogP contribution in [0, 0.1) is 12.3 Å². The van der Waals surface area contributed by atoms with E-state index in [2.05, 4.69) is 11.2 Å². The van der Waals surface area contributed by atoms with E-state index in [1.54, 1.807) is 7.11 Å². The van der Waals surface area contributed by atoms with Gasteiger partial charge in [-0.1, -0.05) is 0 Å². The van der Waals surface area contributed by atoms with E-state index in [4.69, 9.17) is 16.9 Å². The van der Waals surface area contributed by atoms with Crippen LogP contribution in [0.25, 0.3) is 0 Å². The molecule has 1 atom stereocenters. The zero-order valence-electron chi connectivity index (χ0n) is 7.89. The Kier molecular flexibility index (Phi) is 5.73. The van der Waals surface area contributed by atoms with Crippen LogP contribution in [-0.4, -0.2) is 32.3 Å². The van der Waals surface area contributed by atoms with Crippen LogP contribution in [0.15, 0.2) is 0 Å². The predicted molar refractivity (Wildman–Crippen MR) is 50.8 cm³/mol. The minimum absolute atomic E-state index is 0.147. The Bertz CT molecular complexity index is 153. The first-order valence-corrected chi connectivity index (χ1v) is 4.06. The van der Waals surface area contributed by atoms with E-state index < -0.39 is 0 Å². The summed E-state index contributed by atoms with van der Waals surface area (Å²) in [5.41, 5.74) is 5.43. The van der Waals surface area contributed by atoms with Crippen molar-refractivity contribution < 1.29 is 4.74 Å². The van der Waals surface area contributed by atoms with Gasteiger partial charge in [-0.3, -0.25) is 0 Å². The number of hydrogen-bond acceptors (Lipinski definition) is 3. The minimum Gasteiger partial charge on any atom is -0.383 e. The maximum Gasteiger partial charge on any atom is 0.0654 e. The van der Waals surface area contributed by atoms with Gasteiger partial charge in [-0.25, -0.2) is 0 Å². The Hall–Kier alpha value is -0.560. The molecule has 0 aromatic carbocycles. The minimum atomic E-state index is -0.147. The molecule has 0 aliphatic rings. The van der Waals surface area contributed by atoms with E-state index in [0.717, 1.165) is 13.0 Å². The molecule has 0 saturated heterocycles. The van der Waals surface area contributed by atoms with Gasteiger partial charge in [-0.05, 0) is 6.92 Å². The summed E-state index contributed by atoms with van der Waals surface area (Å²) >= 11 is 0. The van der Waals surface area contributed by atoms with Gasteiger partial charge >= 0.3 is 0 Å². The van der Waals surface area contributed by atoms with Gasteiger partial charge in [0.2, 0.25) is 0 Å². The van der Waals surface area contributed by atoms with E-state index in [9.17, 15) is 0 Å². The van der Waals surface area contributed by atoms with Crippen molar-refractivity contribution in [1.29, 1.82) is 0 Å². The smallest absolute Gasteiger partial charge is 0.0654 e. The van der Waals surface area contributed by atoms with Crippen LogP contribution in [0.5, 0.6) is 0 Å². The molecule has 0 spiro atoms. The molecule has 0 heterocycles. The average Bonchev–Trinajstić information content (AvgIpc) is 2.06. The van der Waals surface area contributed by atoms with Crippen molar-refractivity contribution in [2.75, 3.05) is 26.8 Å². The highest BCUT2D eigenvalue weighted by Gasteiger charge is 2.20. The molecular formula is C9H18N2O. The second-order valence-electron chi connectivity index (χ2n) is 3.08. The van der Waals surface area contributed by atoms with Gasteiger partial charge in [0.25, 0.3) is 0 Å². The number of rotatable bonds is 6. The molecule has 3 heteroatoms. The number of nitrogens with two attached hydrogens (primary N) is 1. The maximum atomic E-state index is 5.58. The van der Waals surface area contributed by atoms with Crippen LogP contribution in [0.1, 0.15) is 13.3 Å². The molecule has 70 valence electrons.